The molecule has 3 fully saturated rings. The maximum atomic E-state index is 13.2. The first-order valence-corrected chi connectivity index (χ1v) is 13.6. The second-order valence-corrected chi connectivity index (χ2v) is 11.6. The molecule has 2 aromatic rings. The molecular weight excluding hydrogens is 452 g/mol. The van der Waals surface area contributed by atoms with Gasteiger partial charge in [0.2, 0.25) is 21.8 Å². The van der Waals surface area contributed by atoms with Crippen molar-refractivity contribution in [2.45, 2.75) is 36.6 Å². The van der Waals surface area contributed by atoms with E-state index in [9.17, 15) is 18.0 Å². The number of piperazine rings is 1. The van der Waals surface area contributed by atoms with Crippen molar-refractivity contribution in [3.05, 3.63) is 42.5 Å². The second kappa shape index (κ2) is 9.64. The first-order chi connectivity index (χ1) is 16.4. The second-order valence-electron chi connectivity index (χ2n) is 9.63. The molecule has 0 atom stereocenters. The van der Waals surface area contributed by atoms with Crippen LogP contribution in [0.4, 0.5) is 0 Å². The van der Waals surface area contributed by atoms with E-state index in [1.54, 1.807) is 12.1 Å². The summed E-state index contributed by atoms with van der Waals surface area (Å²) in [5.41, 5.74) is 0. The summed E-state index contributed by atoms with van der Waals surface area (Å²) in [4.78, 5) is 29.4. The van der Waals surface area contributed by atoms with Crippen molar-refractivity contribution < 1.29 is 18.0 Å². The van der Waals surface area contributed by atoms with Gasteiger partial charge >= 0.3 is 0 Å². The monoisotopic (exact) mass is 484 g/mol. The van der Waals surface area contributed by atoms with Gasteiger partial charge in [0.25, 0.3) is 0 Å². The molecule has 1 saturated carbocycles. The predicted octanol–water partition coefficient (Wildman–Crippen LogP) is 1.66. The smallest absolute Gasteiger partial charge is 0.243 e. The number of carbonyl (C=O) groups is 2. The van der Waals surface area contributed by atoms with Gasteiger partial charge in [-0.2, -0.15) is 4.31 Å². The van der Waals surface area contributed by atoms with Crippen LogP contribution in [0.15, 0.2) is 47.4 Å². The molecule has 8 nitrogen and oxygen atoms in total. The van der Waals surface area contributed by atoms with E-state index in [1.165, 1.54) is 4.31 Å². The largest absolute Gasteiger partial charge is 0.352 e. The van der Waals surface area contributed by atoms with Gasteiger partial charge < -0.3 is 10.2 Å². The Bertz CT molecular complexity index is 1160. The molecule has 34 heavy (non-hydrogen) atoms. The Balaban J connectivity index is 1.12. The minimum Gasteiger partial charge on any atom is -0.352 e. The van der Waals surface area contributed by atoms with Crippen molar-refractivity contribution in [2.24, 2.45) is 5.92 Å². The first kappa shape index (κ1) is 23.3. The SMILES string of the molecule is O=C(CN1CCN(C(=O)C2CCN(S(=O)(=O)c3ccc4ccccc4c3)CC2)CC1)NC1CC1. The Kier molecular flexibility index (Phi) is 6.59. The van der Waals surface area contributed by atoms with Crippen molar-refractivity contribution in [3.8, 4) is 0 Å². The van der Waals surface area contributed by atoms with E-state index in [0.29, 0.717) is 69.6 Å². The zero-order chi connectivity index (χ0) is 23.7. The fourth-order valence-corrected chi connectivity index (χ4v) is 6.41. The van der Waals surface area contributed by atoms with Crippen molar-refractivity contribution in [3.63, 3.8) is 0 Å². The molecule has 0 radical (unpaired) electrons. The van der Waals surface area contributed by atoms with E-state index in [-0.39, 0.29) is 17.7 Å². The molecule has 1 N–H and O–H groups in total. The molecule has 0 unspecified atom stereocenters. The molecule has 3 aliphatic rings. The Morgan fingerprint density at radius 3 is 2.21 bits per heavy atom. The van der Waals surface area contributed by atoms with Gasteiger partial charge in [-0.1, -0.05) is 30.3 Å². The summed E-state index contributed by atoms with van der Waals surface area (Å²) < 4.78 is 27.9. The summed E-state index contributed by atoms with van der Waals surface area (Å²) in [5.74, 6) is 0.0416. The van der Waals surface area contributed by atoms with E-state index in [1.807, 2.05) is 35.2 Å². The molecule has 2 saturated heterocycles. The summed E-state index contributed by atoms with van der Waals surface area (Å²) in [6.07, 6.45) is 3.23. The average molecular weight is 485 g/mol. The molecule has 0 spiro atoms. The highest BCUT2D eigenvalue weighted by Gasteiger charge is 2.35. The number of rotatable bonds is 6. The third kappa shape index (κ3) is 5.11. The van der Waals surface area contributed by atoms with Crippen LogP contribution in [-0.2, 0) is 19.6 Å². The highest BCUT2D eigenvalue weighted by Crippen LogP contribution is 2.27. The highest BCUT2D eigenvalue weighted by molar-refractivity contribution is 7.89. The normalized spacial score (nSPS) is 21.0. The third-order valence-electron chi connectivity index (χ3n) is 7.16. The molecule has 0 bridgehead atoms. The van der Waals surface area contributed by atoms with Gasteiger partial charge in [0.1, 0.15) is 0 Å². The average Bonchev–Trinajstić information content (AvgIpc) is 3.67. The molecule has 182 valence electrons. The van der Waals surface area contributed by atoms with E-state index in [4.69, 9.17) is 0 Å². The van der Waals surface area contributed by atoms with E-state index in [0.717, 1.165) is 23.6 Å². The molecule has 1 aliphatic carbocycles. The molecule has 9 heteroatoms. The van der Waals surface area contributed by atoms with Crippen LogP contribution in [-0.4, -0.2) is 86.2 Å². The van der Waals surface area contributed by atoms with Crippen molar-refractivity contribution in [1.82, 2.24) is 19.4 Å². The Hall–Kier alpha value is -2.49. The first-order valence-electron chi connectivity index (χ1n) is 12.2. The standard InChI is InChI=1S/C25H32N4O4S/c30-24(26-22-6-7-22)18-27-13-15-28(16-14-27)25(31)20-9-11-29(12-10-20)34(32,33)23-8-5-19-3-1-2-4-21(19)17-23/h1-5,8,17,20,22H,6-7,9-16,18H2,(H,26,30). The molecule has 5 rings (SSSR count). The number of hydrogen-bond acceptors (Lipinski definition) is 5. The van der Waals surface area contributed by atoms with E-state index in [2.05, 4.69) is 10.2 Å². The number of hydrogen-bond donors (Lipinski definition) is 1. The molecule has 0 aromatic heterocycles. The molecule has 2 amide bonds. The van der Waals surface area contributed by atoms with Gasteiger partial charge in [0.05, 0.1) is 11.4 Å². The predicted molar refractivity (Wildman–Crippen MR) is 130 cm³/mol. The number of fused-ring (bicyclic) bond motifs is 1. The van der Waals surface area contributed by atoms with Crippen molar-refractivity contribution in [1.29, 1.82) is 0 Å². The molecular formula is C25H32N4O4S. The number of nitrogens with zero attached hydrogens (tertiary/aromatic N) is 3. The van der Waals surface area contributed by atoms with Crippen LogP contribution in [0.5, 0.6) is 0 Å². The molecule has 2 aliphatic heterocycles. The zero-order valence-corrected chi connectivity index (χ0v) is 20.2. The van der Waals surface area contributed by atoms with Crippen LogP contribution >= 0.6 is 0 Å². The number of sulfonamides is 1. The lowest BCUT2D eigenvalue weighted by molar-refractivity contribution is -0.138. The molecule has 2 aromatic carbocycles. The minimum atomic E-state index is -3.59. The van der Waals surface area contributed by atoms with Gasteiger partial charge in [-0.25, -0.2) is 8.42 Å². The zero-order valence-electron chi connectivity index (χ0n) is 19.4. The summed E-state index contributed by atoms with van der Waals surface area (Å²) in [5, 5.41) is 4.92. The van der Waals surface area contributed by atoms with Gasteiger partial charge in [-0.15, -0.1) is 0 Å². The number of amides is 2. The number of benzene rings is 2. The van der Waals surface area contributed by atoms with Gasteiger partial charge in [-0.3, -0.25) is 14.5 Å². The van der Waals surface area contributed by atoms with E-state index >= 15 is 0 Å². The fraction of sp³-hybridized carbons (Fsp3) is 0.520. The Morgan fingerprint density at radius 2 is 1.53 bits per heavy atom. The lowest BCUT2D eigenvalue weighted by atomic mass is 9.96. The van der Waals surface area contributed by atoms with Gasteiger partial charge in [-0.05, 0) is 48.6 Å². The summed E-state index contributed by atoms with van der Waals surface area (Å²) in [6, 6.07) is 13.3. The summed E-state index contributed by atoms with van der Waals surface area (Å²) in [7, 11) is -3.59. The van der Waals surface area contributed by atoms with Crippen LogP contribution in [0, 0.1) is 5.92 Å². The Labute approximate surface area is 200 Å². The summed E-state index contributed by atoms with van der Waals surface area (Å²) >= 11 is 0. The number of carbonyl (C=O) groups excluding carboxylic acids is 2. The van der Waals surface area contributed by atoms with Crippen LogP contribution < -0.4 is 5.32 Å². The molecule has 2 heterocycles. The number of piperidine rings is 1. The maximum absolute atomic E-state index is 13.2. The highest BCUT2D eigenvalue weighted by atomic mass is 32.2. The van der Waals surface area contributed by atoms with E-state index < -0.39 is 10.0 Å². The topological polar surface area (TPSA) is 90.0 Å². The lowest BCUT2D eigenvalue weighted by Gasteiger charge is -2.38. The van der Waals surface area contributed by atoms with Gasteiger partial charge in [0.15, 0.2) is 0 Å². The third-order valence-corrected chi connectivity index (χ3v) is 9.05. The summed E-state index contributed by atoms with van der Waals surface area (Å²) in [6.45, 7) is 3.72. The van der Waals surface area contributed by atoms with Crippen LogP contribution in [0.3, 0.4) is 0 Å². The fourth-order valence-electron chi connectivity index (χ4n) is 4.91. The van der Waals surface area contributed by atoms with Crippen LogP contribution in [0.25, 0.3) is 10.8 Å². The number of nitrogens with one attached hydrogen (secondary N) is 1. The van der Waals surface area contributed by atoms with Gasteiger partial charge in [0, 0.05) is 51.2 Å². The maximum Gasteiger partial charge on any atom is 0.243 e. The van der Waals surface area contributed by atoms with Crippen LogP contribution in [0.2, 0.25) is 0 Å². The Morgan fingerprint density at radius 1 is 0.853 bits per heavy atom. The van der Waals surface area contributed by atoms with Crippen molar-refractivity contribution >= 4 is 32.6 Å². The van der Waals surface area contributed by atoms with Crippen molar-refractivity contribution in [2.75, 3.05) is 45.8 Å². The minimum absolute atomic E-state index is 0.0715. The van der Waals surface area contributed by atoms with Crippen LogP contribution in [0.1, 0.15) is 25.7 Å². The quantitative estimate of drug-likeness (QED) is 0.674. The lowest BCUT2D eigenvalue weighted by Crippen LogP contribution is -2.53.